The minimum absolute atomic E-state index is 0.155. The van der Waals surface area contributed by atoms with Gasteiger partial charge in [0, 0.05) is 6.20 Å². The molecule has 0 radical (unpaired) electrons. The summed E-state index contributed by atoms with van der Waals surface area (Å²) in [6.07, 6.45) is 4.70. The zero-order valence-electron chi connectivity index (χ0n) is 6.87. The molecule has 0 N–H and O–H groups in total. The second kappa shape index (κ2) is 4.13. The van der Waals surface area contributed by atoms with E-state index in [4.69, 9.17) is 16.9 Å². The number of hydrogen-bond donors (Lipinski definition) is 0. The first-order valence-corrected chi connectivity index (χ1v) is 4.22. The third-order valence-electron chi connectivity index (χ3n) is 1.74. The Morgan fingerprint density at radius 1 is 1.83 bits per heavy atom. The van der Waals surface area contributed by atoms with Crippen LogP contribution in [-0.2, 0) is 0 Å². The van der Waals surface area contributed by atoms with Crippen LogP contribution in [0.4, 0.5) is 0 Å². The van der Waals surface area contributed by atoms with Crippen LogP contribution in [0.3, 0.4) is 0 Å². The van der Waals surface area contributed by atoms with Crippen LogP contribution in [0.1, 0.15) is 25.8 Å². The fourth-order valence-electron chi connectivity index (χ4n) is 1.04. The summed E-state index contributed by atoms with van der Waals surface area (Å²) in [5, 5.41) is 13.2. The van der Waals surface area contributed by atoms with Crippen LogP contribution < -0.4 is 0 Å². The number of halogens is 1. The maximum Gasteiger partial charge on any atom is 0.0785 e. The van der Waals surface area contributed by atoms with Crippen molar-refractivity contribution in [2.45, 2.75) is 25.8 Å². The first kappa shape index (κ1) is 9.08. The lowest BCUT2D eigenvalue weighted by Gasteiger charge is -2.10. The van der Waals surface area contributed by atoms with E-state index < -0.39 is 0 Å². The number of aromatic nitrogens is 2. The van der Waals surface area contributed by atoms with Gasteiger partial charge in [-0.2, -0.15) is 10.4 Å². The molecule has 4 heteroatoms. The Morgan fingerprint density at radius 2 is 2.58 bits per heavy atom. The highest BCUT2D eigenvalue weighted by molar-refractivity contribution is 6.30. The molecule has 3 nitrogen and oxygen atoms in total. The molecule has 0 saturated heterocycles. The van der Waals surface area contributed by atoms with E-state index >= 15 is 0 Å². The normalized spacial score (nSPS) is 12.4. The molecule has 64 valence electrons. The third-order valence-corrected chi connectivity index (χ3v) is 1.94. The smallest absolute Gasteiger partial charge is 0.0785 e. The second-order valence-corrected chi connectivity index (χ2v) is 3.00. The molecule has 0 spiro atoms. The fraction of sp³-hybridized carbons (Fsp3) is 0.500. The van der Waals surface area contributed by atoms with E-state index in [1.165, 1.54) is 0 Å². The Morgan fingerprint density at radius 3 is 3.00 bits per heavy atom. The first-order valence-electron chi connectivity index (χ1n) is 3.84. The summed E-state index contributed by atoms with van der Waals surface area (Å²) in [5.74, 6) is 0. The lowest BCUT2D eigenvalue weighted by atomic mass is 10.2. The van der Waals surface area contributed by atoms with Gasteiger partial charge in [0.05, 0.1) is 29.8 Å². The van der Waals surface area contributed by atoms with Gasteiger partial charge in [0.1, 0.15) is 0 Å². The van der Waals surface area contributed by atoms with E-state index in [1.54, 1.807) is 17.1 Å². The summed E-state index contributed by atoms with van der Waals surface area (Å²) in [5.41, 5.74) is 0. The minimum atomic E-state index is 0.155. The molecule has 0 aromatic carbocycles. The Hall–Kier alpha value is -1.01. The Bertz CT molecular complexity index is 287. The monoisotopic (exact) mass is 183 g/mol. The molecule has 0 fully saturated rings. The molecule has 1 rings (SSSR count). The van der Waals surface area contributed by atoms with Gasteiger partial charge in [-0.15, -0.1) is 0 Å². The van der Waals surface area contributed by atoms with Gasteiger partial charge < -0.3 is 0 Å². The van der Waals surface area contributed by atoms with Crippen molar-refractivity contribution in [1.29, 1.82) is 5.26 Å². The molecule has 0 bridgehead atoms. The van der Waals surface area contributed by atoms with Crippen molar-refractivity contribution in [2.75, 3.05) is 0 Å². The summed E-state index contributed by atoms with van der Waals surface area (Å²) < 4.78 is 1.74. The zero-order valence-corrected chi connectivity index (χ0v) is 7.62. The minimum Gasteiger partial charge on any atom is -0.267 e. The highest BCUT2D eigenvalue weighted by Crippen LogP contribution is 2.16. The van der Waals surface area contributed by atoms with E-state index in [0.717, 1.165) is 6.42 Å². The van der Waals surface area contributed by atoms with E-state index in [2.05, 4.69) is 11.2 Å². The van der Waals surface area contributed by atoms with Crippen LogP contribution in [0.5, 0.6) is 0 Å². The number of nitriles is 1. The number of nitrogens with zero attached hydrogens (tertiary/aromatic N) is 3. The predicted octanol–water partition coefficient (Wildman–Crippen LogP) is 2.40. The van der Waals surface area contributed by atoms with Gasteiger partial charge in [-0.25, -0.2) is 0 Å². The van der Waals surface area contributed by atoms with Crippen molar-refractivity contribution in [3.05, 3.63) is 17.4 Å². The van der Waals surface area contributed by atoms with Gasteiger partial charge >= 0.3 is 0 Å². The predicted molar refractivity (Wildman–Crippen MR) is 46.8 cm³/mol. The maximum atomic E-state index is 8.51. The van der Waals surface area contributed by atoms with Gasteiger partial charge in [0.2, 0.25) is 0 Å². The van der Waals surface area contributed by atoms with Gasteiger partial charge in [-0.1, -0.05) is 18.5 Å². The molecule has 0 saturated carbocycles. The second-order valence-electron chi connectivity index (χ2n) is 2.56. The van der Waals surface area contributed by atoms with Gasteiger partial charge in [0.15, 0.2) is 0 Å². The summed E-state index contributed by atoms with van der Waals surface area (Å²) >= 11 is 5.70. The van der Waals surface area contributed by atoms with Crippen LogP contribution in [0.2, 0.25) is 5.02 Å². The van der Waals surface area contributed by atoms with Gasteiger partial charge in [-0.3, -0.25) is 4.68 Å². The Labute approximate surface area is 76.6 Å². The first-order chi connectivity index (χ1) is 5.77. The quantitative estimate of drug-likeness (QED) is 0.722. The fourth-order valence-corrected chi connectivity index (χ4v) is 1.19. The average Bonchev–Trinajstić information content (AvgIpc) is 2.47. The van der Waals surface area contributed by atoms with Gasteiger partial charge in [-0.05, 0) is 6.42 Å². The molecule has 0 aliphatic rings. The van der Waals surface area contributed by atoms with Crippen LogP contribution in [0, 0.1) is 11.3 Å². The number of hydrogen-bond acceptors (Lipinski definition) is 2. The van der Waals surface area contributed by atoms with Crippen molar-refractivity contribution >= 4 is 11.6 Å². The van der Waals surface area contributed by atoms with Crippen molar-refractivity contribution in [3.63, 3.8) is 0 Å². The van der Waals surface area contributed by atoms with Gasteiger partial charge in [0.25, 0.3) is 0 Å². The third kappa shape index (κ3) is 1.99. The maximum absolute atomic E-state index is 8.51. The average molecular weight is 184 g/mol. The van der Waals surface area contributed by atoms with Crippen molar-refractivity contribution in [3.8, 4) is 6.07 Å². The molecule has 1 heterocycles. The summed E-state index contributed by atoms with van der Waals surface area (Å²) in [7, 11) is 0. The summed E-state index contributed by atoms with van der Waals surface area (Å²) in [6.45, 7) is 2.03. The Kier molecular flexibility index (Phi) is 3.12. The summed E-state index contributed by atoms with van der Waals surface area (Å²) in [6, 6.07) is 2.28. The molecule has 0 unspecified atom stereocenters. The lowest BCUT2D eigenvalue weighted by Crippen LogP contribution is -2.07. The molecular formula is C8H10ClN3. The number of rotatable bonds is 3. The SMILES string of the molecule is CC[C@H](CC#N)n1cc(Cl)cn1. The van der Waals surface area contributed by atoms with Crippen LogP contribution in [0.15, 0.2) is 12.4 Å². The molecule has 12 heavy (non-hydrogen) atoms. The largest absolute Gasteiger partial charge is 0.267 e. The molecule has 1 aromatic rings. The van der Waals surface area contributed by atoms with E-state index in [9.17, 15) is 0 Å². The summed E-state index contributed by atoms with van der Waals surface area (Å²) in [4.78, 5) is 0. The highest BCUT2D eigenvalue weighted by atomic mass is 35.5. The Balaban J connectivity index is 2.74. The zero-order chi connectivity index (χ0) is 8.97. The topological polar surface area (TPSA) is 41.6 Å². The molecule has 0 aliphatic carbocycles. The molecule has 1 aromatic heterocycles. The molecule has 1 atom stereocenters. The molecule has 0 amide bonds. The van der Waals surface area contributed by atoms with Crippen molar-refractivity contribution in [1.82, 2.24) is 9.78 Å². The van der Waals surface area contributed by atoms with Crippen LogP contribution >= 0.6 is 11.6 Å². The van der Waals surface area contributed by atoms with Crippen LogP contribution in [-0.4, -0.2) is 9.78 Å². The van der Waals surface area contributed by atoms with E-state index in [0.29, 0.717) is 11.4 Å². The highest BCUT2D eigenvalue weighted by Gasteiger charge is 2.08. The standard InChI is InChI=1S/C8H10ClN3/c1-2-8(3-4-10)12-6-7(9)5-11-12/h5-6,8H,2-3H2,1H3/t8-/m1/s1. The molecular weight excluding hydrogens is 174 g/mol. The van der Waals surface area contributed by atoms with Crippen LogP contribution in [0.25, 0.3) is 0 Å². The lowest BCUT2D eigenvalue weighted by molar-refractivity contribution is 0.448. The van der Waals surface area contributed by atoms with Crippen molar-refractivity contribution < 1.29 is 0 Å². The molecule has 0 aliphatic heterocycles. The van der Waals surface area contributed by atoms with Crippen molar-refractivity contribution in [2.24, 2.45) is 0 Å². The van der Waals surface area contributed by atoms with E-state index in [-0.39, 0.29) is 6.04 Å². The van der Waals surface area contributed by atoms with E-state index in [1.807, 2.05) is 6.92 Å².